The average Bonchev–Trinajstić information content (AvgIpc) is 3.32. The first kappa shape index (κ1) is 21.7. The Balaban J connectivity index is 1.27. The van der Waals surface area contributed by atoms with Gasteiger partial charge in [-0.15, -0.1) is 0 Å². The SMILES string of the molecule is CCOc1ccc(-c2cnc(CCC(=O)N3CCN(c4ccccc4OC)CC3)o2)cc1. The van der Waals surface area contributed by atoms with E-state index in [1.54, 1.807) is 13.3 Å². The number of ether oxygens (including phenoxy) is 2. The van der Waals surface area contributed by atoms with Gasteiger partial charge in [-0.3, -0.25) is 4.79 Å². The minimum absolute atomic E-state index is 0.130. The molecule has 1 saturated heterocycles. The van der Waals surface area contributed by atoms with Gasteiger partial charge in [0.25, 0.3) is 0 Å². The van der Waals surface area contributed by atoms with E-state index in [-0.39, 0.29) is 5.91 Å². The summed E-state index contributed by atoms with van der Waals surface area (Å²) < 4.78 is 16.8. The molecule has 4 rings (SSSR count). The fraction of sp³-hybridized carbons (Fsp3) is 0.360. The smallest absolute Gasteiger partial charge is 0.223 e. The molecule has 7 nitrogen and oxygen atoms in total. The Labute approximate surface area is 188 Å². The monoisotopic (exact) mass is 435 g/mol. The van der Waals surface area contributed by atoms with Gasteiger partial charge in [-0.2, -0.15) is 0 Å². The van der Waals surface area contributed by atoms with E-state index in [0.29, 0.717) is 44.2 Å². The second-order valence-corrected chi connectivity index (χ2v) is 7.62. The number of carbonyl (C=O) groups is 1. The third-order valence-electron chi connectivity index (χ3n) is 5.61. The first-order valence-electron chi connectivity index (χ1n) is 11.0. The lowest BCUT2D eigenvalue weighted by Gasteiger charge is -2.36. The normalized spacial score (nSPS) is 13.8. The van der Waals surface area contributed by atoms with Crippen molar-refractivity contribution in [3.05, 3.63) is 60.6 Å². The molecule has 0 saturated carbocycles. The van der Waals surface area contributed by atoms with Crippen molar-refractivity contribution in [3.8, 4) is 22.8 Å². The summed E-state index contributed by atoms with van der Waals surface area (Å²) in [5.74, 6) is 3.09. The number of aryl methyl sites for hydroxylation is 1. The van der Waals surface area contributed by atoms with Gasteiger partial charge in [0.1, 0.15) is 11.5 Å². The molecule has 3 aromatic rings. The maximum Gasteiger partial charge on any atom is 0.223 e. The number of carbonyl (C=O) groups excluding carboxylic acids is 1. The van der Waals surface area contributed by atoms with Gasteiger partial charge in [-0.05, 0) is 43.3 Å². The van der Waals surface area contributed by atoms with Crippen molar-refractivity contribution in [3.63, 3.8) is 0 Å². The van der Waals surface area contributed by atoms with Crippen molar-refractivity contribution in [2.24, 2.45) is 0 Å². The summed E-state index contributed by atoms with van der Waals surface area (Å²) in [6, 6.07) is 15.7. The Bertz CT molecular complexity index is 1020. The summed E-state index contributed by atoms with van der Waals surface area (Å²) in [6.07, 6.45) is 2.59. The molecule has 2 aromatic carbocycles. The van der Waals surface area contributed by atoms with Crippen LogP contribution in [0, 0.1) is 0 Å². The number of methoxy groups -OCH3 is 1. The standard InChI is InChI=1S/C25H29N3O4/c1-3-31-20-10-8-19(9-11-20)23-18-26-24(32-23)12-13-25(29)28-16-14-27(15-17-28)21-6-4-5-7-22(21)30-2/h4-11,18H,3,12-17H2,1-2H3. The molecule has 1 fully saturated rings. The molecule has 32 heavy (non-hydrogen) atoms. The zero-order valence-electron chi connectivity index (χ0n) is 18.6. The summed E-state index contributed by atoms with van der Waals surface area (Å²) >= 11 is 0. The zero-order valence-corrected chi connectivity index (χ0v) is 18.6. The van der Waals surface area contributed by atoms with Crippen LogP contribution in [0.25, 0.3) is 11.3 Å². The van der Waals surface area contributed by atoms with Crippen molar-refractivity contribution in [1.29, 1.82) is 0 Å². The molecule has 1 aliphatic rings. The number of amides is 1. The second kappa shape index (κ2) is 10.2. The Morgan fingerprint density at radius 1 is 1.06 bits per heavy atom. The molecule has 0 unspecified atom stereocenters. The van der Waals surface area contributed by atoms with Crippen LogP contribution < -0.4 is 14.4 Å². The van der Waals surface area contributed by atoms with Crippen molar-refractivity contribution in [1.82, 2.24) is 9.88 Å². The summed E-state index contributed by atoms with van der Waals surface area (Å²) in [6.45, 7) is 5.55. The zero-order chi connectivity index (χ0) is 22.3. The lowest BCUT2D eigenvalue weighted by Crippen LogP contribution is -2.48. The highest BCUT2D eigenvalue weighted by Gasteiger charge is 2.23. The molecule has 0 spiro atoms. The number of oxazole rings is 1. The number of anilines is 1. The fourth-order valence-corrected chi connectivity index (χ4v) is 3.90. The number of aromatic nitrogens is 1. The van der Waals surface area contributed by atoms with Crippen LogP contribution in [-0.2, 0) is 11.2 Å². The molecule has 1 aliphatic heterocycles. The summed E-state index contributed by atoms with van der Waals surface area (Å²) in [7, 11) is 1.68. The maximum atomic E-state index is 12.7. The Kier molecular flexibility index (Phi) is 6.94. The van der Waals surface area contributed by atoms with E-state index >= 15 is 0 Å². The molecule has 0 N–H and O–H groups in total. The number of hydrogen-bond acceptors (Lipinski definition) is 6. The predicted octanol–water partition coefficient (Wildman–Crippen LogP) is 4.03. The molecule has 0 radical (unpaired) electrons. The van der Waals surface area contributed by atoms with Crippen molar-refractivity contribution in [2.75, 3.05) is 44.8 Å². The van der Waals surface area contributed by atoms with Gasteiger partial charge < -0.3 is 23.7 Å². The van der Waals surface area contributed by atoms with Gasteiger partial charge in [0.15, 0.2) is 11.7 Å². The number of nitrogens with zero attached hydrogens (tertiary/aromatic N) is 3. The third kappa shape index (κ3) is 5.04. The molecule has 0 atom stereocenters. The van der Waals surface area contributed by atoms with Crippen molar-refractivity contribution in [2.45, 2.75) is 19.8 Å². The first-order chi connectivity index (χ1) is 15.7. The van der Waals surface area contributed by atoms with Crippen molar-refractivity contribution >= 4 is 11.6 Å². The number of benzene rings is 2. The van der Waals surface area contributed by atoms with Crippen LogP contribution in [-0.4, -0.2) is 55.7 Å². The Hall–Kier alpha value is -3.48. The van der Waals surface area contributed by atoms with E-state index in [1.807, 2.05) is 54.3 Å². The Morgan fingerprint density at radius 2 is 1.81 bits per heavy atom. The van der Waals surface area contributed by atoms with Crippen LogP contribution in [0.4, 0.5) is 5.69 Å². The molecular weight excluding hydrogens is 406 g/mol. The average molecular weight is 436 g/mol. The minimum Gasteiger partial charge on any atom is -0.495 e. The van der Waals surface area contributed by atoms with Crippen LogP contribution in [0.5, 0.6) is 11.5 Å². The quantitative estimate of drug-likeness (QED) is 0.532. The minimum atomic E-state index is 0.130. The number of para-hydroxylation sites is 2. The Morgan fingerprint density at radius 3 is 2.53 bits per heavy atom. The molecule has 0 aliphatic carbocycles. The number of rotatable bonds is 8. The van der Waals surface area contributed by atoms with E-state index in [9.17, 15) is 4.79 Å². The largest absolute Gasteiger partial charge is 0.495 e. The van der Waals surface area contributed by atoms with E-state index in [0.717, 1.165) is 35.8 Å². The van der Waals surface area contributed by atoms with Crippen LogP contribution in [0.3, 0.4) is 0 Å². The van der Waals surface area contributed by atoms with Gasteiger partial charge in [0, 0.05) is 44.6 Å². The van der Waals surface area contributed by atoms with E-state index in [1.165, 1.54) is 0 Å². The van der Waals surface area contributed by atoms with Crippen LogP contribution in [0.15, 0.2) is 59.1 Å². The van der Waals surface area contributed by atoms with Gasteiger partial charge in [0.2, 0.25) is 5.91 Å². The summed E-state index contributed by atoms with van der Waals surface area (Å²) in [5.41, 5.74) is 2.01. The lowest BCUT2D eigenvalue weighted by molar-refractivity contribution is -0.131. The second-order valence-electron chi connectivity index (χ2n) is 7.62. The topological polar surface area (TPSA) is 68.0 Å². The molecular formula is C25H29N3O4. The fourth-order valence-electron chi connectivity index (χ4n) is 3.90. The maximum absolute atomic E-state index is 12.7. The van der Waals surface area contributed by atoms with Gasteiger partial charge in [0.05, 0.1) is 25.6 Å². The van der Waals surface area contributed by atoms with E-state index in [4.69, 9.17) is 13.9 Å². The first-order valence-corrected chi connectivity index (χ1v) is 11.0. The number of piperazine rings is 1. The van der Waals surface area contributed by atoms with Gasteiger partial charge >= 0.3 is 0 Å². The predicted molar refractivity (Wildman–Crippen MR) is 123 cm³/mol. The van der Waals surface area contributed by atoms with E-state index in [2.05, 4.69) is 16.0 Å². The van der Waals surface area contributed by atoms with Crippen LogP contribution in [0.2, 0.25) is 0 Å². The van der Waals surface area contributed by atoms with Crippen LogP contribution in [0.1, 0.15) is 19.2 Å². The van der Waals surface area contributed by atoms with Crippen molar-refractivity contribution < 1.29 is 18.7 Å². The van der Waals surface area contributed by atoms with Gasteiger partial charge in [-0.25, -0.2) is 4.98 Å². The highest BCUT2D eigenvalue weighted by molar-refractivity contribution is 5.76. The number of hydrogen-bond donors (Lipinski definition) is 0. The van der Waals surface area contributed by atoms with E-state index < -0.39 is 0 Å². The lowest BCUT2D eigenvalue weighted by atomic mass is 10.2. The van der Waals surface area contributed by atoms with Gasteiger partial charge in [-0.1, -0.05) is 12.1 Å². The summed E-state index contributed by atoms with van der Waals surface area (Å²) in [5, 5.41) is 0. The van der Waals surface area contributed by atoms with Crippen LogP contribution >= 0.6 is 0 Å². The molecule has 1 aromatic heterocycles. The molecule has 0 bridgehead atoms. The highest BCUT2D eigenvalue weighted by Crippen LogP contribution is 2.28. The summed E-state index contributed by atoms with van der Waals surface area (Å²) in [4.78, 5) is 21.2. The highest BCUT2D eigenvalue weighted by atomic mass is 16.5. The molecule has 168 valence electrons. The molecule has 2 heterocycles. The molecule has 7 heteroatoms. The third-order valence-corrected chi connectivity index (χ3v) is 5.61. The molecule has 1 amide bonds.